The number of nitrogens with zero attached hydrogens (tertiary/aromatic N) is 2. The molecule has 0 spiro atoms. The lowest BCUT2D eigenvalue weighted by molar-refractivity contribution is -0.126. The van der Waals surface area contributed by atoms with Crippen LogP contribution in [0.1, 0.15) is 37.3 Å². The van der Waals surface area contributed by atoms with Gasteiger partial charge < -0.3 is 19.9 Å². The maximum Gasteiger partial charge on any atom is 0.262 e. The minimum Gasteiger partial charge on any atom is -0.484 e. The van der Waals surface area contributed by atoms with Gasteiger partial charge in [-0.1, -0.05) is 56.3 Å². The largest absolute Gasteiger partial charge is 0.484 e. The number of ether oxygens (including phenoxy) is 1. The van der Waals surface area contributed by atoms with E-state index < -0.39 is 0 Å². The number of carbonyl (C=O) groups is 2. The average Bonchev–Trinajstić information content (AvgIpc) is 2.95. The third kappa shape index (κ3) is 7.46. The molecule has 0 aromatic heterocycles. The van der Waals surface area contributed by atoms with Crippen LogP contribution in [-0.4, -0.2) is 49.5 Å². The van der Waals surface area contributed by atoms with Gasteiger partial charge in [0.05, 0.1) is 0 Å². The topological polar surface area (TPSA) is 61.9 Å². The van der Waals surface area contributed by atoms with Gasteiger partial charge in [-0.3, -0.25) is 9.59 Å². The highest BCUT2D eigenvalue weighted by molar-refractivity contribution is 5.92. The van der Waals surface area contributed by atoms with Crippen LogP contribution < -0.4 is 15.0 Å². The van der Waals surface area contributed by atoms with Gasteiger partial charge in [-0.15, -0.1) is 0 Å². The van der Waals surface area contributed by atoms with E-state index in [4.69, 9.17) is 4.74 Å². The Morgan fingerprint density at radius 3 is 2.24 bits per heavy atom. The second-order valence-electron chi connectivity index (χ2n) is 9.32. The van der Waals surface area contributed by atoms with Crippen LogP contribution in [-0.2, 0) is 9.59 Å². The Morgan fingerprint density at radius 2 is 1.59 bits per heavy atom. The van der Waals surface area contributed by atoms with E-state index >= 15 is 0 Å². The molecule has 1 unspecified atom stereocenters. The standard InChI is InChI=1S/C31H35N3O3/c1-3-24(2)26-10-16-29(17-11-26)37-23-30(35)32-27-12-14-28(15-13-27)33-19-21-34(22-20-33)31(36)18-9-25-7-5-4-6-8-25/h4-18,24H,3,19-23H2,1-2H3,(H,32,35)/b18-9+. The number of benzene rings is 3. The molecular weight excluding hydrogens is 462 g/mol. The molecule has 1 aliphatic rings. The molecule has 0 bridgehead atoms. The summed E-state index contributed by atoms with van der Waals surface area (Å²) in [6, 6.07) is 25.6. The first-order valence-electron chi connectivity index (χ1n) is 12.9. The molecule has 4 rings (SSSR count). The lowest BCUT2D eigenvalue weighted by atomic mass is 9.99. The molecule has 2 amide bonds. The van der Waals surface area contributed by atoms with E-state index in [9.17, 15) is 9.59 Å². The summed E-state index contributed by atoms with van der Waals surface area (Å²) < 4.78 is 5.64. The normalized spacial score (nSPS) is 14.4. The van der Waals surface area contributed by atoms with Crippen molar-refractivity contribution in [3.63, 3.8) is 0 Å². The van der Waals surface area contributed by atoms with Crippen molar-refractivity contribution in [1.29, 1.82) is 0 Å². The Balaban J connectivity index is 1.21. The quantitative estimate of drug-likeness (QED) is 0.392. The van der Waals surface area contributed by atoms with Crippen LogP contribution in [0, 0.1) is 0 Å². The maximum absolute atomic E-state index is 12.5. The summed E-state index contributed by atoms with van der Waals surface area (Å²) in [4.78, 5) is 29.0. The SMILES string of the molecule is CCC(C)c1ccc(OCC(=O)Nc2ccc(N3CCN(C(=O)/C=C/c4ccccc4)CC3)cc2)cc1. The Bertz CT molecular complexity index is 1180. The van der Waals surface area contributed by atoms with Gasteiger partial charge in [0.25, 0.3) is 5.91 Å². The lowest BCUT2D eigenvalue weighted by Crippen LogP contribution is -2.48. The molecule has 6 heteroatoms. The second-order valence-corrected chi connectivity index (χ2v) is 9.32. The lowest BCUT2D eigenvalue weighted by Gasteiger charge is -2.35. The number of rotatable bonds is 9. The molecule has 1 aliphatic heterocycles. The fraction of sp³-hybridized carbons (Fsp3) is 0.290. The van der Waals surface area contributed by atoms with E-state index in [1.165, 1.54) is 5.56 Å². The van der Waals surface area contributed by atoms with Gasteiger partial charge in [0.1, 0.15) is 5.75 Å². The van der Waals surface area contributed by atoms with Crippen molar-refractivity contribution < 1.29 is 14.3 Å². The van der Waals surface area contributed by atoms with Crippen LogP contribution in [0.3, 0.4) is 0 Å². The molecule has 6 nitrogen and oxygen atoms in total. The zero-order valence-corrected chi connectivity index (χ0v) is 21.6. The number of anilines is 2. The molecule has 1 atom stereocenters. The predicted octanol–water partition coefficient (Wildman–Crippen LogP) is 5.58. The Kier molecular flexibility index (Phi) is 8.98. The maximum atomic E-state index is 12.5. The molecule has 0 aliphatic carbocycles. The third-order valence-electron chi connectivity index (χ3n) is 6.76. The van der Waals surface area contributed by atoms with Crippen molar-refractivity contribution in [3.05, 3.63) is 96.1 Å². The zero-order valence-electron chi connectivity index (χ0n) is 21.6. The highest BCUT2D eigenvalue weighted by atomic mass is 16.5. The van der Waals surface area contributed by atoms with Crippen molar-refractivity contribution in [2.24, 2.45) is 0 Å². The number of amides is 2. The summed E-state index contributed by atoms with van der Waals surface area (Å²) in [5.41, 5.74) is 4.09. The minimum absolute atomic E-state index is 0.0373. The Labute approximate surface area is 219 Å². The minimum atomic E-state index is -0.200. The van der Waals surface area contributed by atoms with E-state index in [0.717, 1.165) is 36.4 Å². The summed E-state index contributed by atoms with van der Waals surface area (Å²) in [7, 11) is 0. The number of hydrogen-bond donors (Lipinski definition) is 1. The molecule has 0 saturated carbocycles. The highest BCUT2D eigenvalue weighted by Crippen LogP contribution is 2.22. The van der Waals surface area contributed by atoms with Crippen LogP contribution in [0.25, 0.3) is 6.08 Å². The van der Waals surface area contributed by atoms with Gasteiger partial charge in [0.15, 0.2) is 6.61 Å². The average molecular weight is 498 g/mol. The number of piperazine rings is 1. The molecule has 192 valence electrons. The van der Waals surface area contributed by atoms with Crippen molar-refractivity contribution in [3.8, 4) is 5.75 Å². The van der Waals surface area contributed by atoms with Crippen LogP contribution in [0.4, 0.5) is 11.4 Å². The molecule has 3 aromatic rings. The summed E-state index contributed by atoms with van der Waals surface area (Å²) in [5.74, 6) is 1.03. The number of carbonyl (C=O) groups excluding carboxylic acids is 2. The van der Waals surface area contributed by atoms with E-state index in [-0.39, 0.29) is 18.4 Å². The van der Waals surface area contributed by atoms with E-state index in [1.54, 1.807) is 6.08 Å². The van der Waals surface area contributed by atoms with E-state index in [2.05, 4.69) is 36.2 Å². The van der Waals surface area contributed by atoms with Gasteiger partial charge in [0.2, 0.25) is 5.91 Å². The predicted molar refractivity (Wildman–Crippen MR) is 150 cm³/mol. The number of nitrogens with one attached hydrogen (secondary N) is 1. The van der Waals surface area contributed by atoms with Crippen LogP contribution in [0.5, 0.6) is 5.75 Å². The van der Waals surface area contributed by atoms with Crippen molar-refractivity contribution in [2.45, 2.75) is 26.2 Å². The molecular formula is C31H35N3O3. The Morgan fingerprint density at radius 1 is 0.919 bits per heavy atom. The fourth-order valence-electron chi connectivity index (χ4n) is 4.25. The summed E-state index contributed by atoms with van der Waals surface area (Å²) in [6.45, 7) is 7.19. The number of hydrogen-bond acceptors (Lipinski definition) is 4. The smallest absolute Gasteiger partial charge is 0.262 e. The van der Waals surface area contributed by atoms with Crippen LogP contribution in [0.15, 0.2) is 84.9 Å². The van der Waals surface area contributed by atoms with Gasteiger partial charge in [-0.05, 0) is 65.9 Å². The molecule has 3 aromatic carbocycles. The van der Waals surface area contributed by atoms with Crippen molar-refractivity contribution in [2.75, 3.05) is 43.0 Å². The molecule has 37 heavy (non-hydrogen) atoms. The fourth-order valence-corrected chi connectivity index (χ4v) is 4.25. The van der Waals surface area contributed by atoms with E-state index in [1.807, 2.05) is 77.7 Å². The monoisotopic (exact) mass is 497 g/mol. The third-order valence-corrected chi connectivity index (χ3v) is 6.76. The summed E-state index contributed by atoms with van der Waals surface area (Å²) >= 11 is 0. The van der Waals surface area contributed by atoms with Crippen LogP contribution in [0.2, 0.25) is 0 Å². The van der Waals surface area contributed by atoms with Gasteiger partial charge >= 0.3 is 0 Å². The molecule has 1 fully saturated rings. The van der Waals surface area contributed by atoms with Gasteiger partial charge in [0, 0.05) is 43.6 Å². The summed E-state index contributed by atoms with van der Waals surface area (Å²) in [5, 5.41) is 2.89. The zero-order chi connectivity index (χ0) is 26.0. The van der Waals surface area contributed by atoms with Crippen molar-refractivity contribution >= 4 is 29.3 Å². The second kappa shape index (κ2) is 12.8. The van der Waals surface area contributed by atoms with Gasteiger partial charge in [-0.2, -0.15) is 0 Å². The van der Waals surface area contributed by atoms with Crippen LogP contribution >= 0.6 is 0 Å². The molecule has 1 saturated heterocycles. The first kappa shape index (κ1) is 26.0. The Hall–Kier alpha value is -4.06. The molecule has 1 N–H and O–H groups in total. The van der Waals surface area contributed by atoms with Gasteiger partial charge in [-0.25, -0.2) is 0 Å². The first-order valence-corrected chi connectivity index (χ1v) is 12.9. The molecule has 0 radical (unpaired) electrons. The molecule has 1 heterocycles. The summed E-state index contributed by atoms with van der Waals surface area (Å²) in [6.07, 6.45) is 4.59. The van der Waals surface area contributed by atoms with Crippen molar-refractivity contribution in [1.82, 2.24) is 4.90 Å². The van der Waals surface area contributed by atoms with E-state index in [0.29, 0.717) is 24.8 Å². The highest BCUT2D eigenvalue weighted by Gasteiger charge is 2.20. The first-order chi connectivity index (χ1) is 18.0.